The number of hydrogen-bond acceptors (Lipinski definition) is 2. The lowest BCUT2D eigenvalue weighted by Gasteiger charge is -2.09. The first-order chi connectivity index (χ1) is 11.2. The fourth-order valence-corrected chi connectivity index (χ4v) is 2.55. The Morgan fingerprint density at radius 1 is 1.22 bits per heavy atom. The van der Waals surface area contributed by atoms with Crippen LogP contribution in [0.5, 0.6) is 0 Å². The van der Waals surface area contributed by atoms with Crippen LogP contribution in [-0.2, 0) is 6.54 Å². The number of pyridine rings is 1. The highest BCUT2D eigenvalue weighted by Gasteiger charge is 2.03. The van der Waals surface area contributed by atoms with Crippen molar-refractivity contribution in [2.75, 3.05) is 11.9 Å². The van der Waals surface area contributed by atoms with E-state index >= 15 is 0 Å². The van der Waals surface area contributed by atoms with Gasteiger partial charge in [0, 0.05) is 36.6 Å². The summed E-state index contributed by atoms with van der Waals surface area (Å²) in [6, 6.07) is 13.6. The normalized spacial score (nSPS) is 10.7. The highest BCUT2D eigenvalue weighted by Crippen LogP contribution is 2.12. The van der Waals surface area contributed by atoms with Crippen molar-refractivity contribution in [3.05, 3.63) is 60.4 Å². The molecule has 0 spiro atoms. The predicted molar refractivity (Wildman–Crippen MR) is 92.6 cm³/mol. The predicted octanol–water partition coefficient (Wildman–Crippen LogP) is 3.56. The minimum Gasteiger partial charge on any atom is -0.338 e. The number of carbonyl (C=O) groups is 1. The number of urea groups is 1. The van der Waals surface area contributed by atoms with E-state index in [1.807, 2.05) is 49.5 Å². The van der Waals surface area contributed by atoms with Crippen LogP contribution >= 0.6 is 0 Å². The number of rotatable bonds is 5. The minimum absolute atomic E-state index is 0.175. The van der Waals surface area contributed by atoms with Gasteiger partial charge in [0.25, 0.3) is 0 Å². The number of hydrogen-bond donors (Lipinski definition) is 2. The molecule has 2 aromatic heterocycles. The van der Waals surface area contributed by atoms with Gasteiger partial charge in [0.2, 0.25) is 0 Å². The lowest BCUT2D eigenvalue weighted by atomic mass is 10.2. The number of fused-ring (bicyclic) bond motifs is 1. The number of nitrogens with one attached hydrogen (secondary N) is 2. The van der Waals surface area contributed by atoms with Crippen LogP contribution in [0.25, 0.3) is 11.0 Å². The topological polar surface area (TPSA) is 59.0 Å². The van der Waals surface area contributed by atoms with Gasteiger partial charge in [-0.1, -0.05) is 12.1 Å². The van der Waals surface area contributed by atoms with Crippen LogP contribution in [0.2, 0.25) is 0 Å². The van der Waals surface area contributed by atoms with Crippen LogP contribution in [-0.4, -0.2) is 22.1 Å². The Labute approximate surface area is 135 Å². The molecule has 0 saturated heterocycles. The second-order valence-electron chi connectivity index (χ2n) is 5.53. The molecule has 5 heteroatoms. The third kappa shape index (κ3) is 3.88. The van der Waals surface area contributed by atoms with Crippen molar-refractivity contribution in [1.82, 2.24) is 14.9 Å². The first kappa shape index (κ1) is 15.1. The van der Waals surface area contributed by atoms with E-state index in [2.05, 4.69) is 26.3 Å². The molecule has 0 unspecified atom stereocenters. The van der Waals surface area contributed by atoms with Crippen LogP contribution in [0.15, 0.2) is 54.9 Å². The van der Waals surface area contributed by atoms with Gasteiger partial charge in [-0.2, -0.15) is 0 Å². The number of anilines is 1. The molecule has 2 amide bonds. The second kappa shape index (κ2) is 6.96. The Bertz CT molecular complexity index is 809. The summed E-state index contributed by atoms with van der Waals surface area (Å²) in [5.74, 6) is 0. The van der Waals surface area contributed by atoms with Gasteiger partial charge in [-0.05, 0) is 49.2 Å². The molecule has 2 heterocycles. The molecule has 3 rings (SSSR count). The average Bonchev–Trinajstić information content (AvgIpc) is 2.95. The van der Waals surface area contributed by atoms with Crippen LogP contribution in [0, 0.1) is 6.92 Å². The van der Waals surface area contributed by atoms with Gasteiger partial charge in [-0.3, -0.25) is 0 Å². The largest absolute Gasteiger partial charge is 0.338 e. The number of benzene rings is 1. The summed E-state index contributed by atoms with van der Waals surface area (Å²) in [5, 5.41) is 6.85. The van der Waals surface area contributed by atoms with Crippen molar-refractivity contribution in [2.24, 2.45) is 0 Å². The van der Waals surface area contributed by atoms with E-state index in [0.29, 0.717) is 6.54 Å². The van der Waals surface area contributed by atoms with Gasteiger partial charge in [-0.25, -0.2) is 9.78 Å². The summed E-state index contributed by atoms with van der Waals surface area (Å²) in [6.07, 6.45) is 4.68. The number of amides is 2. The SMILES string of the molecule is Cc1cccc(NC(=O)NCCCn2ccc3cccnc32)c1. The van der Waals surface area contributed by atoms with Crippen LogP contribution in [0.4, 0.5) is 10.5 Å². The fraction of sp³-hybridized carbons (Fsp3) is 0.222. The Morgan fingerprint density at radius 3 is 3.00 bits per heavy atom. The van der Waals surface area contributed by atoms with Gasteiger partial charge in [0.1, 0.15) is 5.65 Å². The lowest BCUT2D eigenvalue weighted by Crippen LogP contribution is -2.30. The lowest BCUT2D eigenvalue weighted by molar-refractivity contribution is 0.252. The summed E-state index contributed by atoms with van der Waals surface area (Å²) in [6.45, 7) is 3.44. The Kier molecular flexibility index (Phi) is 4.57. The molecule has 5 nitrogen and oxygen atoms in total. The van der Waals surface area contributed by atoms with E-state index < -0.39 is 0 Å². The fourth-order valence-electron chi connectivity index (χ4n) is 2.55. The molecule has 0 radical (unpaired) electrons. The Balaban J connectivity index is 1.45. The summed E-state index contributed by atoms with van der Waals surface area (Å²) < 4.78 is 2.11. The molecule has 0 bridgehead atoms. The zero-order valence-corrected chi connectivity index (χ0v) is 13.1. The molecule has 0 aliphatic rings. The Hall–Kier alpha value is -2.82. The Morgan fingerprint density at radius 2 is 2.13 bits per heavy atom. The molecule has 118 valence electrons. The molecule has 0 atom stereocenters. The molecule has 23 heavy (non-hydrogen) atoms. The van der Waals surface area contributed by atoms with E-state index in [-0.39, 0.29) is 6.03 Å². The number of carbonyl (C=O) groups excluding carboxylic acids is 1. The molecule has 1 aromatic carbocycles. The first-order valence-corrected chi connectivity index (χ1v) is 7.74. The monoisotopic (exact) mass is 308 g/mol. The maximum absolute atomic E-state index is 11.9. The molecular formula is C18H20N4O. The summed E-state index contributed by atoms with van der Waals surface area (Å²) in [5.41, 5.74) is 2.91. The van der Waals surface area contributed by atoms with Gasteiger partial charge >= 0.3 is 6.03 Å². The van der Waals surface area contributed by atoms with Gasteiger partial charge in [-0.15, -0.1) is 0 Å². The maximum atomic E-state index is 11.9. The third-order valence-corrected chi connectivity index (χ3v) is 3.66. The van der Waals surface area contributed by atoms with E-state index in [4.69, 9.17) is 0 Å². The van der Waals surface area contributed by atoms with Gasteiger partial charge in [0.15, 0.2) is 0 Å². The molecule has 0 fully saturated rings. The molecule has 2 N–H and O–H groups in total. The third-order valence-electron chi connectivity index (χ3n) is 3.66. The van der Waals surface area contributed by atoms with Crippen molar-refractivity contribution in [3.63, 3.8) is 0 Å². The zero-order chi connectivity index (χ0) is 16.1. The van der Waals surface area contributed by atoms with Crippen LogP contribution in [0.3, 0.4) is 0 Å². The van der Waals surface area contributed by atoms with Crippen molar-refractivity contribution >= 4 is 22.8 Å². The van der Waals surface area contributed by atoms with Crippen molar-refractivity contribution in [1.29, 1.82) is 0 Å². The van der Waals surface area contributed by atoms with Crippen molar-refractivity contribution in [2.45, 2.75) is 19.9 Å². The molecule has 0 saturated carbocycles. The molecule has 0 aliphatic carbocycles. The summed E-state index contributed by atoms with van der Waals surface area (Å²) in [7, 11) is 0. The van der Waals surface area contributed by atoms with Crippen molar-refractivity contribution < 1.29 is 4.79 Å². The minimum atomic E-state index is -0.175. The first-order valence-electron chi connectivity index (χ1n) is 7.74. The molecular weight excluding hydrogens is 288 g/mol. The maximum Gasteiger partial charge on any atom is 0.319 e. The number of aromatic nitrogens is 2. The summed E-state index contributed by atoms with van der Waals surface area (Å²) >= 11 is 0. The van der Waals surface area contributed by atoms with Crippen molar-refractivity contribution in [3.8, 4) is 0 Å². The van der Waals surface area contributed by atoms with E-state index in [0.717, 1.165) is 35.2 Å². The standard InChI is InChI=1S/C18H20N4O/c1-14-5-2-7-16(13-14)21-18(23)20-10-4-11-22-12-8-15-6-3-9-19-17(15)22/h2-3,5-9,12-13H,4,10-11H2,1H3,(H2,20,21,23). The highest BCUT2D eigenvalue weighted by atomic mass is 16.2. The van der Waals surface area contributed by atoms with Gasteiger partial charge < -0.3 is 15.2 Å². The van der Waals surface area contributed by atoms with Gasteiger partial charge in [0.05, 0.1) is 0 Å². The second-order valence-corrected chi connectivity index (χ2v) is 5.53. The molecule has 3 aromatic rings. The number of nitrogens with zero attached hydrogens (tertiary/aromatic N) is 2. The highest BCUT2D eigenvalue weighted by molar-refractivity contribution is 5.89. The smallest absolute Gasteiger partial charge is 0.319 e. The van der Waals surface area contributed by atoms with Crippen LogP contribution in [0.1, 0.15) is 12.0 Å². The zero-order valence-electron chi connectivity index (χ0n) is 13.1. The quantitative estimate of drug-likeness (QED) is 0.708. The summed E-state index contributed by atoms with van der Waals surface area (Å²) in [4.78, 5) is 16.2. The van der Waals surface area contributed by atoms with E-state index in [1.54, 1.807) is 6.20 Å². The number of aryl methyl sites for hydroxylation is 2. The van der Waals surface area contributed by atoms with E-state index in [1.165, 1.54) is 0 Å². The average molecular weight is 308 g/mol. The molecule has 0 aliphatic heterocycles. The van der Waals surface area contributed by atoms with E-state index in [9.17, 15) is 4.79 Å². The van der Waals surface area contributed by atoms with Crippen LogP contribution < -0.4 is 10.6 Å².